The Labute approximate surface area is 75.5 Å². The van der Waals surface area contributed by atoms with Crippen LogP contribution < -0.4 is 0 Å². The SMILES string of the molecule is CO[C@@H]1C[C@@H]2C[C@H]([C@H]1C)C2(C)C. The second-order valence-corrected chi connectivity index (χ2v) is 5.23. The first-order valence-corrected chi connectivity index (χ1v) is 5.10. The van der Waals surface area contributed by atoms with Crippen molar-refractivity contribution in [2.45, 2.75) is 39.7 Å². The van der Waals surface area contributed by atoms with Gasteiger partial charge in [-0.05, 0) is 36.0 Å². The van der Waals surface area contributed by atoms with E-state index in [0.29, 0.717) is 11.5 Å². The minimum atomic E-state index is 0.543. The van der Waals surface area contributed by atoms with Crippen LogP contribution in [0.4, 0.5) is 0 Å². The summed E-state index contributed by atoms with van der Waals surface area (Å²) in [4.78, 5) is 0. The number of rotatable bonds is 1. The van der Waals surface area contributed by atoms with E-state index in [9.17, 15) is 0 Å². The molecule has 1 nitrogen and oxygen atoms in total. The van der Waals surface area contributed by atoms with Crippen LogP contribution in [-0.4, -0.2) is 13.2 Å². The van der Waals surface area contributed by atoms with E-state index in [1.807, 2.05) is 7.11 Å². The molecule has 0 saturated heterocycles. The lowest BCUT2D eigenvalue weighted by Crippen LogP contribution is -2.57. The first kappa shape index (κ1) is 8.55. The molecule has 0 N–H and O–H groups in total. The Morgan fingerprint density at radius 1 is 1.25 bits per heavy atom. The van der Waals surface area contributed by atoms with Crippen molar-refractivity contribution >= 4 is 0 Å². The summed E-state index contributed by atoms with van der Waals surface area (Å²) in [5.74, 6) is 2.62. The van der Waals surface area contributed by atoms with Crippen molar-refractivity contribution in [1.82, 2.24) is 0 Å². The summed E-state index contributed by atoms with van der Waals surface area (Å²) in [5, 5.41) is 0. The summed E-state index contributed by atoms with van der Waals surface area (Å²) in [6.07, 6.45) is 3.29. The fourth-order valence-electron chi connectivity index (χ4n) is 3.41. The summed E-state index contributed by atoms with van der Waals surface area (Å²) >= 11 is 0. The molecule has 3 rings (SSSR count). The molecule has 0 spiro atoms. The van der Waals surface area contributed by atoms with Gasteiger partial charge >= 0.3 is 0 Å². The topological polar surface area (TPSA) is 9.23 Å². The number of ether oxygens (including phenoxy) is 1. The molecule has 70 valence electrons. The van der Waals surface area contributed by atoms with Gasteiger partial charge in [-0.2, -0.15) is 0 Å². The van der Waals surface area contributed by atoms with Crippen LogP contribution >= 0.6 is 0 Å². The Hall–Kier alpha value is -0.0400. The molecule has 12 heavy (non-hydrogen) atoms. The van der Waals surface area contributed by atoms with Crippen LogP contribution in [0.15, 0.2) is 0 Å². The van der Waals surface area contributed by atoms with Crippen molar-refractivity contribution in [3.05, 3.63) is 0 Å². The van der Waals surface area contributed by atoms with Gasteiger partial charge in [-0.3, -0.25) is 0 Å². The molecule has 0 aromatic carbocycles. The number of hydrogen-bond donors (Lipinski definition) is 0. The maximum atomic E-state index is 5.50. The standard InChI is InChI=1S/C11H20O/c1-7-9-5-8(11(9,2)3)6-10(7)12-4/h7-10H,5-6H2,1-4H3/t7-,8+,9-,10-/m1/s1. The van der Waals surface area contributed by atoms with Gasteiger partial charge in [0.25, 0.3) is 0 Å². The number of fused-ring (bicyclic) bond motifs is 2. The highest BCUT2D eigenvalue weighted by molar-refractivity contribution is 5.05. The predicted octanol–water partition coefficient (Wildman–Crippen LogP) is 2.70. The third kappa shape index (κ3) is 0.891. The quantitative estimate of drug-likeness (QED) is 0.585. The van der Waals surface area contributed by atoms with Crippen molar-refractivity contribution in [1.29, 1.82) is 0 Å². The fourth-order valence-corrected chi connectivity index (χ4v) is 3.41. The van der Waals surface area contributed by atoms with E-state index in [2.05, 4.69) is 20.8 Å². The largest absolute Gasteiger partial charge is 0.381 e. The lowest BCUT2D eigenvalue weighted by atomic mass is 9.45. The second kappa shape index (κ2) is 2.47. The number of methoxy groups -OCH3 is 1. The molecule has 0 unspecified atom stereocenters. The van der Waals surface area contributed by atoms with Gasteiger partial charge in [0, 0.05) is 7.11 Å². The van der Waals surface area contributed by atoms with E-state index in [-0.39, 0.29) is 0 Å². The normalized spacial score (nSPS) is 50.0. The van der Waals surface area contributed by atoms with Crippen molar-refractivity contribution in [3.63, 3.8) is 0 Å². The number of hydrogen-bond acceptors (Lipinski definition) is 1. The van der Waals surface area contributed by atoms with Crippen molar-refractivity contribution in [3.8, 4) is 0 Å². The molecule has 0 aromatic heterocycles. The van der Waals surface area contributed by atoms with Gasteiger partial charge < -0.3 is 4.74 Å². The van der Waals surface area contributed by atoms with Crippen molar-refractivity contribution in [2.24, 2.45) is 23.2 Å². The third-order valence-corrected chi connectivity index (χ3v) is 4.59. The first-order chi connectivity index (χ1) is 5.57. The molecule has 0 radical (unpaired) electrons. The van der Waals surface area contributed by atoms with Crippen LogP contribution in [-0.2, 0) is 4.74 Å². The zero-order chi connectivity index (χ0) is 8.93. The minimum Gasteiger partial charge on any atom is -0.381 e. The summed E-state index contributed by atoms with van der Waals surface area (Å²) in [7, 11) is 1.86. The van der Waals surface area contributed by atoms with Gasteiger partial charge in [-0.1, -0.05) is 20.8 Å². The van der Waals surface area contributed by atoms with Crippen LogP contribution in [0.3, 0.4) is 0 Å². The monoisotopic (exact) mass is 168 g/mol. The highest BCUT2D eigenvalue weighted by Crippen LogP contribution is 2.61. The van der Waals surface area contributed by atoms with Crippen LogP contribution in [0.2, 0.25) is 0 Å². The van der Waals surface area contributed by atoms with E-state index in [1.54, 1.807) is 0 Å². The molecule has 4 atom stereocenters. The van der Waals surface area contributed by atoms with E-state index >= 15 is 0 Å². The zero-order valence-electron chi connectivity index (χ0n) is 8.63. The van der Waals surface area contributed by atoms with Gasteiger partial charge in [0.15, 0.2) is 0 Å². The average molecular weight is 168 g/mol. The molecule has 0 amide bonds. The molecule has 2 bridgehead atoms. The maximum Gasteiger partial charge on any atom is 0.0602 e. The average Bonchev–Trinajstić information content (AvgIpc) is 2.03. The van der Waals surface area contributed by atoms with Gasteiger partial charge in [-0.25, -0.2) is 0 Å². The summed E-state index contributed by atoms with van der Waals surface area (Å²) in [5.41, 5.74) is 0.606. The minimum absolute atomic E-state index is 0.543. The molecular formula is C11H20O. The van der Waals surface area contributed by atoms with E-state index in [4.69, 9.17) is 4.74 Å². The molecule has 1 heteroatoms. The Morgan fingerprint density at radius 2 is 1.92 bits per heavy atom. The van der Waals surface area contributed by atoms with Gasteiger partial charge in [0.1, 0.15) is 0 Å². The second-order valence-electron chi connectivity index (χ2n) is 5.23. The van der Waals surface area contributed by atoms with Crippen LogP contribution in [0.25, 0.3) is 0 Å². The zero-order valence-corrected chi connectivity index (χ0v) is 8.63. The van der Waals surface area contributed by atoms with Gasteiger partial charge in [0.05, 0.1) is 6.10 Å². The Balaban J connectivity index is 2.11. The van der Waals surface area contributed by atoms with E-state index in [1.165, 1.54) is 12.8 Å². The lowest BCUT2D eigenvalue weighted by molar-refractivity contribution is -0.163. The molecule has 3 aliphatic rings. The third-order valence-electron chi connectivity index (χ3n) is 4.59. The fraction of sp³-hybridized carbons (Fsp3) is 1.00. The molecule has 0 aromatic rings. The Morgan fingerprint density at radius 3 is 2.33 bits per heavy atom. The molecule has 3 aliphatic carbocycles. The van der Waals surface area contributed by atoms with E-state index < -0.39 is 0 Å². The Bertz CT molecular complexity index is 185. The van der Waals surface area contributed by atoms with E-state index in [0.717, 1.165) is 17.8 Å². The summed E-state index contributed by atoms with van der Waals surface area (Å²) < 4.78 is 5.50. The summed E-state index contributed by atoms with van der Waals surface area (Å²) in [6.45, 7) is 7.21. The molecule has 0 aliphatic heterocycles. The Kier molecular flexibility index (Phi) is 1.76. The van der Waals surface area contributed by atoms with Crippen LogP contribution in [0, 0.1) is 23.2 Å². The van der Waals surface area contributed by atoms with Crippen LogP contribution in [0.5, 0.6) is 0 Å². The highest BCUT2D eigenvalue weighted by atomic mass is 16.5. The molecular weight excluding hydrogens is 148 g/mol. The smallest absolute Gasteiger partial charge is 0.0602 e. The first-order valence-electron chi connectivity index (χ1n) is 5.10. The van der Waals surface area contributed by atoms with Gasteiger partial charge in [-0.15, -0.1) is 0 Å². The highest BCUT2D eigenvalue weighted by Gasteiger charge is 2.56. The maximum absolute atomic E-state index is 5.50. The summed E-state index contributed by atoms with van der Waals surface area (Å²) in [6, 6.07) is 0. The van der Waals surface area contributed by atoms with Gasteiger partial charge in [0.2, 0.25) is 0 Å². The van der Waals surface area contributed by atoms with Crippen molar-refractivity contribution in [2.75, 3.05) is 7.11 Å². The van der Waals surface area contributed by atoms with Crippen LogP contribution in [0.1, 0.15) is 33.6 Å². The molecule has 3 fully saturated rings. The van der Waals surface area contributed by atoms with Crippen molar-refractivity contribution < 1.29 is 4.74 Å². The molecule has 0 heterocycles. The molecule has 3 saturated carbocycles. The predicted molar refractivity (Wildman–Crippen MR) is 50.0 cm³/mol. The lowest BCUT2D eigenvalue weighted by Gasteiger charge is -2.61.